The third kappa shape index (κ3) is 2.09. The molecule has 108 valence electrons. The van der Waals surface area contributed by atoms with Crippen molar-refractivity contribution in [1.29, 1.82) is 0 Å². The minimum atomic E-state index is -0.174. The number of nitrogens with zero attached hydrogens (tertiary/aromatic N) is 2. The lowest BCUT2D eigenvalue weighted by atomic mass is 9.88. The number of rotatable bonds is 3. The quantitative estimate of drug-likeness (QED) is 0.866. The number of aromatic nitrogens is 2. The van der Waals surface area contributed by atoms with E-state index in [4.69, 9.17) is 4.52 Å². The summed E-state index contributed by atoms with van der Waals surface area (Å²) in [6.07, 6.45) is 5.65. The Morgan fingerprint density at radius 1 is 1.14 bits per heavy atom. The van der Waals surface area contributed by atoms with Crippen LogP contribution in [0.15, 0.2) is 34.9 Å². The lowest BCUT2D eigenvalue weighted by molar-refractivity contribution is -0.122. The van der Waals surface area contributed by atoms with Crippen LogP contribution < -0.4 is 0 Å². The standard InChI is InChI=1S/C17H18N2O2/c20-14-9-5-4-8-13(14)15-18-16(19-21-15)17(10-11-17)12-6-2-1-3-7-12/h1-3,6-7,13H,4-5,8-11H2. The third-order valence-electron chi connectivity index (χ3n) is 4.80. The van der Waals surface area contributed by atoms with Crippen LogP contribution >= 0.6 is 0 Å². The summed E-state index contributed by atoms with van der Waals surface area (Å²) in [4.78, 5) is 16.6. The second-order valence-corrected chi connectivity index (χ2v) is 6.17. The molecule has 1 aromatic heterocycles. The molecule has 4 nitrogen and oxygen atoms in total. The van der Waals surface area contributed by atoms with Gasteiger partial charge in [0.25, 0.3) is 0 Å². The van der Waals surface area contributed by atoms with Gasteiger partial charge in [-0.3, -0.25) is 4.79 Å². The summed E-state index contributed by atoms with van der Waals surface area (Å²) in [5.41, 5.74) is 1.16. The highest BCUT2D eigenvalue weighted by Gasteiger charge is 2.50. The summed E-state index contributed by atoms with van der Waals surface area (Å²) < 4.78 is 5.44. The molecule has 0 saturated heterocycles. The zero-order chi connectivity index (χ0) is 14.3. The smallest absolute Gasteiger partial charge is 0.237 e. The minimum Gasteiger partial charge on any atom is -0.339 e. The van der Waals surface area contributed by atoms with Gasteiger partial charge in [0.05, 0.1) is 11.3 Å². The Labute approximate surface area is 123 Å². The van der Waals surface area contributed by atoms with Crippen LogP contribution in [-0.2, 0) is 10.2 Å². The second kappa shape index (κ2) is 4.79. The Balaban J connectivity index is 1.64. The Bertz CT molecular complexity index is 658. The summed E-state index contributed by atoms with van der Waals surface area (Å²) in [5, 5.41) is 4.20. The first kappa shape index (κ1) is 12.7. The Kier molecular flexibility index (Phi) is 2.91. The van der Waals surface area contributed by atoms with E-state index in [0.29, 0.717) is 12.3 Å². The van der Waals surface area contributed by atoms with Gasteiger partial charge in [-0.05, 0) is 31.2 Å². The first-order valence-corrected chi connectivity index (χ1v) is 7.72. The van der Waals surface area contributed by atoms with E-state index >= 15 is 0 Å². The fourth-order valence-electron chi connectivity index (χ4n) is 3.34. The molecule has 0 amide bonds. The predicted molar refractivity (Wildman–Crippen MR) is 77.0 cm³/mol. The number of hydrogen-bond donors (Lipinski definition) is 0. The summed E-state index contributed by atoms with van der Waals surface area (Å²) in [7, 11) is 0. The summed E-state index contributed by atoms with van der Waals surface area (Å²) in [6.45, 7) is 0. The predicted octanol–water partition coefficient (Wildman–Crippen LogP) is 3.38. The maximum absolute atomic E-state index is 12.0. The molecular weight excluding hydrogens is 264 g/mol. The molecule has 1 aromatic carbocycles. The lowest BCUT2D eigenvalue weighted by Crippen LogP contribution is -2.18. The largest absolute Gasteiger partial charge is 0.339 e. The van der Waals surface area contributed by atoms with Crippen molar-refractivity contribution in [3.63, 3.8) is 0 Å². The Hall–Kier alpha value is -1.97. The maximum Gasteiger partial charge on any atom is 0.237 e. The van der Waals surface area contributed by atoms with Gasteiger partial charge in [0, 0.05) is 6.42 Å². The number of carbonyl (C=O) groups excluding carboxylic acids is 1. The third-order valence-corrected chi connectivity index (χ3v) is 4.80. The van der Waals surface area contributed by atoms with Crippen molar-refractivity contribution in [3.8, 4) is 0 Å². The van der Waals surface area contributed by atoms with Crippen LogP contribution in [0.4, 0.5) is 0 Å². The monoisotopic (exact) mass is 282 g/mol. The van der Waals surface area contributed by atoms with Crippen molar-refractivity contribution in [2.24, 2.45) is 0 Å². The first-order chi connectivity index (χ1) is 10.3. The maximum atomic E-state index is 12.0. The molecule has 2 fully saturated rings. The second-order valence-electron chi connectivity index (χ2n) is 6.17. The molecule has 0 bridgehead atoms. The van der Waals surface area contributed by atoms with Gasteiger partial charge in [0.1, 0.15) is 5.78 Å². The fourth-order valence-corrected chi connectivity index (χ4v) is 3.34. The van der Waals surface area contributed by atoms with Gasteiger partial charge in [-0.2, -0.15) is 4.98 Å². The van der Waals surface area contributed by atoms with Crippen LogP contribution in [0.3, 0.4) is 0 Å². The molecule has 2 aliphatic rings. The molecule has 0 aliphatic heterocycles. The van der Waals surface area contributed by atoms with E-state index in [9.17, 15) is 4.79 Å². The van der Waals surface area contributed by atoms with Gasteiger partial charge >= 0.3 is 0 Å². The van der Waals surface area contributed by atoms with Crippen LogP contribution in [-0.4, -0.2) is 15.9 Å². The van der Waals surface area contributed by atoms with E-state index < -0.39 is 0 Å². The zero-order valence-corrected chi connectivity index (χ0v) is 11.9. The van der Waals surface area contributed by atoms with Crippen LogP contribution in [0.5, 0.6) is 0 Å². The molecule has 4 heteroatoms. The van der Waals surface area contributed by atoms with E-state index in [1.165, 1.54) is 5.56 Å². The molecular formula is C17H18N2O2. The number of hydrogen-bond acceptors (Lipinski definition) is 4. The van der Waals surface area contributed by atoms with Crippen LogP contribution in [0.1, 0.15) is 61.7 Å². The SMILES string of the molecule is O=C1CCCCC1c1nc(C2(c3ccccc3)CC2)no1. The molecule has 21 heavy (non-hydrogen) atoms. The average Bonchev–Trinajstić information content (AvgIpc) is 3.20. The molecule has 1 unspecified atom stereocenters. The highest BCUT2D eigenvalue weighted by molar-refractivity contribution is 5.85. The molecule has 2 saturated carbocycles. The molecule has 4 rings (SSSR count). The highest BCUT2D eigenvalue weighted by atomic mass is 16.5. The number of Topliss-reactive ketones (excluding diaryl/α,β-unsaturated/α-hetero) is 1. The van der Waals surface area contributed by atoms with Gasteiger partial charge in [-0.25, -0.2) is 0 Å². The Morgan fingerprint density at radius 3 is 2.67 bits per heavy atom. The van der Waals surface area contributed by atoms with Crippen LogP contribution in [0.2, 0.25) is 0 Å². The molecule has 1 atom stereocenters. The molecule has 2 aliphatic carbocycles. The lowest BCUT2D eigenvalue weighted by Gasteiger charge is -2.16. The van der Waals surface area contributed by atoms with E-state index in [0.717, 1.165) is 37.9 Å². The van der Waals surface area contributed by atoms with Crippen LogP contribution in [0.25, 0.3) is 0 Å². The Morgan fingerprint density at radius 2 is 1.95 bits per heavy atom. The first-order valence-electron chi connectivity index (χ1n) is 7.72. The molecule has 0 spiro atoms. The minimum absolute atomic E-state index is 0.0826. The number of ketones is 1. The van der Waals surface area contributed by atoms with Crippen molar-refractivity contribution >= 4 is 5.78 Å². The van der Waals surface area contributed by atoms with Crippen molar-refractivity contribution < 1.29 is 9.32 Å². The van der Waals surface area contributed by atoms with Gasteiger partial charge < -0.3 is 4.52 Å². The molecule has 1 heterocycles. The van der Waals surface area contributed by atoms with Crippen molar-refractivity contribution in [3.05, 3.63) is 47.6 Å². The van der Waals surface area contributed by atoms with Crippen molar-refractivity contribution in [1.82, 2.24) is 10.1 Å². The molecule has 2 aromatic rings. The fraction of sp³-hybridized carbons (Fsp3) is 0.471. The zero-order valence-electron chi connectivity index (χ0n) is 11.9. The van der Waals surface area contributed by atoms with Gasteiger partial charge in [0.2, 0.25) is 5.89 Å². The van der Waals surface area contributed by atoms with Gasteiger partial charge in [-0.15, -0.1) is 0 Å². The summed E-state index contributed by atoms with van der Waals surface area (Å²) >= 11 is 0. The van der Waals surface area contributed by atoms with E-state index in [1.54, 1.807) is 0 Å². The van der Waals surface area contributed by atoms with Gasteiger partial charge in [-0.1, -0.05) is 41.9 Å². The topological polar surface area (TPSA) is 56.0 Å². The van der Waals surface area contributed by atoms with Crippen molar-refractivity contribution in [2.75, 3.05) is 0 Å². The molecule has 0 radical (unpaired) electrons. The summed E-state index contributed by atoms with van der Waals surface area (Å²) in [6, 6.07) is 10.3. The van der Waals surface area contributed by atoms with E-state index in [2.05, 4.69) is 22.3 Å². The summed E-state index contributed by atoms with van der Waals surface area (Å²) in [5.74, 6) is 1.35. The normalized spacial score (nSPS) is 24.0. The molecule has 0 N–H and O–H groups in total. The number of benzene rings is 1. The highest BCUT2D eigenvalue weighted by Crippen LogP contribution is 2.52. The van der Waals surface area contributed by atoms with Crippen LogP contribution in [0, 0.1) is 0 Å². The average molecular weight is 282 g/mol. The van der Waals surface area contributed by atoms with E-state index in [-0.39, 0.29) is 17.1 Å². The van der Waals surface area contributed by atoms with Gasteiger partial charge in [0.15, 0.2) is 5.82 Å². The van der Waals surface area contributed by atoms with E-state index in [1.807, 2.05) is 18.2 Å². The number of carbonyl (C=O) groups is 1. The van der Waals surface area contributed by atoms with Crippen molar-refractivity contribution in [2.45, 2.75) is 49.9 Å².